The second kappa shape index (κ2) is 8.11. The fraction of sp³-hybridized carbons (Fsp3) is 0.913. The minimum Gasteiger partial charge on any atom is -0.366 e. The van der Waals surface area contributed by atoms with Gasteiger partial charge in [0.2, 0.25) is 0 Å². The van der Waals surface area contributed by atoms with Gasteiger partial charge in [0.1, 0.15) is 0 Å². The quantitative estimate of drug-likeness (QED) is 0.247. The molecule has 0 saturated heterocycles. The number of fused-ring (bicyclic) bond motifs is 3. The number of aliphatic hydroxyl groups is 1. The van der Waals surface area contributed by atoms with Crippen LogP contribution in [-0.4, -0.2) is 22.8 Å². The number of ether oxygens (including phenoxy) is 1. The molecule has 0 amide bonds. The smallest absolute Gasteiger partial charge is 0.160 e. The van der Waals surface area contributed by atoms with Gasteiger partial charge < -0.3 is 9.84 Å². The molecule has 0 aliphatic heterocycles. The molecule has 3 aliphatic rings. The van der Waals surface area contributed by atoms with Crippen molar-refractivity contribution in [2.24, 2.45) is 34.5 Å². The van der Waals surface area contributed by atoms with Crippen LogP contribution in [0.2, 0.25) is 0 Å². The van der Waals surface area contributed by atoms with Crippen LogP contribution in [0.3, 0.4) is 0 Å². The zero-order valence-corrected chi connectivity index (χ0v) is 21.0. The van der Waals surface area contributed by atoms with Crippen LogP contribution in [0.15, 0.2) is 11.6 Å². The molecule has 0 aromatic carbocycles. The van der Waals surface area contributed by atoms with E-state index in [1.54, 1.807) is 19.4 Å². The first-order valence-corrected chi connectivity index (χ1v) is 14.3. The summed E-state index contributed by atoms with van der Waals surface area (Å²) in [5.74, 6) is 2.66. The Balaban J connectivity index is 1.93. The van der Waals surface area contributed by atoms with Gasteiger partial charge in [-0.3, -0.25) is 0 Å². The fourth-order valence-electron chi connectivity index (χ4n) is 6.42. The van der Waals surface area contributed by atoms with E-state index in [0.717, 1.165) is 6.42 Å². The highest BCUT2D eigenvalue weighted by Crippen LogP contribution is 2.63. The highest BCUT2D eigenvalue weighted by molar-refractivity contribution is 14.2. The molecule has 0 aromatic rings. The summed E-state index contributed by atoms with van der Waals surface area (Å²) < 4.78 is 6.34. The highest BCUT2D eigenvalue weighted by atomic mass is 127. The van der Waals surface area contributed by atoms with Gasteiger partial charge in [-0.1, -0.05) is 48.3 Å². The molecule has 3 aliphatic carbocycles. The van der Waals surface area contributed by atoms with Gasteiger partial charge in [0.25, 0.3) is 0 Å². The van der Waals surface area contributed by atoms with Crippen LogP contribution in [0, 0.1) is 34.5 Å². The highest BCUT2D eigenvalue weighted by Gasteiger charge is 2.58. The van der Waals surface area contributed by atoms with E-state index in [2.05, 4.69) is 55.0 Å². The lowest BCUT2D eigenvalue weighted by Crippen LogP contribution is -2.58. The predicted molar refractivity (Wildman–Crippen MR) is 125 cm³/mol. The van der Waals surface area contributed by atoms with E-state index in [0.29, 0.717) is 34.5 Å². The SMILES string of the molecule is CC1C2C(OC(C)(C)O)CC3C=C(CCSI)CCC3(C)C2CCC1(C)C. The van der Waals surface area contributed by atoms with Crippen molar-refractivity contribution in [2.45, 2.75) is 92.0 Å². The summed E-state index contributed by atoms with van der Waals surface area (Å²) in [6.07, 6.45) is 10.3. The molecule has 0 bridgehead atoms. The molecule has 6 unspecified atom stereocenters. The molecule has 0 radical (unpaired) electrons. The molecule has 4 heteroatoms. The maximum absolute atomic E-state index is 10.5. The van der Waals surface area contributed by atoms with Crippen molar-refractivity contribution in [2.75, 3.05) is 5.75 Å². The van der Waals surface area contributed by atoms with E-state index < -0.39 is 5.79 Å². The average Bonchev–Trinajstić information content (AvgIpc) is 2.55. The predicted octanol–water partition coefficient (Wildman–Crippen LogP) is 7.01. The second-order valence-corrected chi connectivity index (χ2v) is 13.3. The maximum atomic E-state index is 10.5. The molecule has 0 aromatic heterocycles. The van der Waals surface area contributed by atoms with Crippen LogP contribution in [0.5, 0.6) is 0 Å². The summed E-state index contributed by atoms with van der Waals surface area (Å²) in [7, 11) is 1.92. The van der Waals surface area contributed by atoms with E-state index in [9.17, 15) is 5.11 Å². The van der Waals surface area contributed by atoms with Crippen molar-refractivity contribution in [3.8, 4) is 0 Å². The van der Waals surface area contributed by atoms with Crippen molar-refractivity contribution in [3.05, 3.63) is 11.6 Å². The first-order chi connectivity index (χ1) is 12.5. The minimum absolute atomic E-state index is 0.164. The van der Waals surface area contributed by atoms with E-state index >= 15 is 0 Å². The Hall–Kier alpha value is 0.740. The number of allylic oxidation sites excluding steroid dienone is 2. The van der Waals surface area contributed by atoms with Gasteiger partial charge >= 0.3 is 0 Å². The van der Waals surface area contributed by atoms with Gasteiger partial charge in [-0.2, -0.15) is 0 Å². The summed E-state index contributed by atoms with van der Waals surface area (Å²) in [6.45, 7) is 13.5. The second-order valence-electron chi connectivity index (χ2n) is 10.8. The van der Waals surface area contributed by atoms with Crippen LogP contribution in [0.1, 0.15) is 80.1 Å². The third-order valence-corrected chi connectivity index (χ3v) is 10.0. The summed E-state index contributed by atoms with van der Waals surface area (Å²) in [5, 5.41) is 10.5. The molecule has 6 atom stereocenters. The van der Waals surface area contributed by atoms with Gasteiger partial charge in [0.05, 0.1) is 6.10 Å². The first kappa shape index (κ1) is 22.4. The van der Waals surface area contributed by atoms with Crippen LogP contribution >= 0.6 is 30.1 Å². The van der Waals surface area contributed by atoms with Gasteiger partial charge in [0.15, 0.2) is 5.79 Å². The molecule has 27 heavy (non-hydrogen) atoms. The lowest BCUT2D eigenvalue weighted by atomic mass is 9.45. The topological polar surface area (TPSA) is 29.5 Å². The van der Waals surface area contributed by atoms with Crippen molar-refractivity contribution < 1.29 is 9.84 Å². The molecule has 0 spiro atoms. The molecule has 1 N–H and O–H groups in total. The number of hydrogen-bond donors (Lipinski definition) is 1. The zero-order chi connectivity index (χ0) is 20.0. The Labute approximate surface area is 183 Å². The standard InChI is InChI=1S/C23H39IO2S/c1-15-20-18(8-10-21(15,2)3)23(6)11-7-16(9-12-27-24)13-17(23)14-19(20)26-22(4,5)25/h13,15,17-20,25H,7-12,14H2,1-6H3. The van der Waals surface area contributed by atoms with Crippen molar-refractivity contribution >= 4 is 30.1 Å². The lowest BCUT2D eigenvalue weighted by molar-refractivity contribution is -0.257. The zero-order valence-electron chi connectivity index (χ0n) is 18.1. The Morgan fingerprint density at radius 2 is 2.00 bits per heavy atom. The molecular formula is C23H39IO2S. The largest absolute Gasteiger partial charge is 0.366 e. The van der Waals surface area contributed by atoms with Crippen LogP contribution < -0.4 is 0 Å². The fourth-order valence-corrected chi connectivity index (χ4v) is 7.42. The van der Waals surface area contributed by atoms with Crippen molar-refractivity contribution in [3.63, 3.8) is 0 Å². The van der Waals surface area contributed by atoms with Crippen LogP contribution in [0.25, 0.3) is 0 Å². The normalized spacial score (nSPS) is 41.5. The van der Waals surface area contributed by atoms with Crippen molar-refractivity contribution in [1.29, 1.82) is 0 Å². The maximum Gasteiger partial charge on any atom is 0.160 e. The van der Waals surface area contributed by atoms with Crippen LogP contribution in [0.4, 0.5) is 0 Å². The molecule has 2 saturated carbocycles. The Bertz CT molecular complexity index is 567. The van der Waals surface area contributed by atoms with Gasteiger partial charge in [0, 0.05) is 5.75 Å². The Morgan fingerprint density at radius 3 is 2.63 bits per heavy atom. The van der Waals surface area contributed by atoms with E-state index in [4.69, 9.17) is 4.74 Å². The molecular weight excluding hydrogens is 467 g/mol. The average molecular weight is 507 g/mol. The van der Waals surface area contributed by atoms with E-state index in [1.165, 1.54) is 37.9 Å². The van der Waals surface area contributed by atoms with Gasteiger partial charge in [-0.15, -0.1) is 0 Å². The Kier molecular flexibility index (Phi) is 6.74. The molecule has 2 fully saturated rings. The van der Waals surface area contributed by atoms with E-state index in [1.807, 2.05) is 8.93 Å². The number of hydrogen-bond acceptors (Lipinski definition) is 3. The molecule has 2 nitrogen and oxygen atoms in total. The molecule has 156 valence electrons. The number of rotatable bonds is 5. The van der Waals surface area contributed by atoms with Gasteiger partial charge in [-0.05, 0) is 108 Å². The first-order valence-electron chi connectivity index (χ1n) is 10.8. The monoisotopic (exact) mass is 506 g/mol. The molecule has 3 rings (SSSR count). The summed E-state index contributed by atoms with van der Waals surface area (Å²) in [5.41, 5.74) is 2.42. The van der Waals surface area contributed by atoms with Gasteiger partial charge in [-0.25, -0.2) is 0 Å². The minimum atomic E-state index is -1.05. The third-order valence-electron chi connectivity index (χ3n) is 8.35. The third kappa shape index (κ3) is 4.59. The summed E-state index contributed by atoms with van der Waals surface area (Å²) in [4.78, 5) is 0. The summed E-state index contributed by atoms with van der Waals surface area (Å²) in [6, 6.07) is 0. The molecule has 0 heterocycles. The lowest BCUT2D eigenvalue weighted by Gasteiger charge is -2.62. The van der Waals surface area contributed by atoms with Crippen LogP contribution in [-0.2, 0) is 4.74 Å². The number of halogens is 1. The summed E-state index contributed by atoms with van der Waals surface area (Å²) >= 11 is 2.41. The van der Waals surface area contributed by atoms with E-state index in [-0.39, 0.29) is 6.10 Å². The Morgan fingerprint density at radius 1 is 1.30 bits per heavy atom. The van der Waals surface area contributed by atoms with Crippen molar-refractivity contribution in [1.82, 2.24) is 0 Å².